The Bertz CT molecular complexity index is 1170. The van der Waals surface area contributed by atoms with Crippen LogP contribution in [0.3, 0.4) is 0 Å². The lowest BCUT2D eigenvalue weighted by molar-refractivity contribution is 0.00559. The van der Waals surface area contributed by atoms with Crippen molar-refractivity contribution in [1.29, 1.82) is 0 Å². The van der Waals surface area contributed by atoms with Gasteiger partial charge in [0.2, 0.25) is 0 Å². The molecule has 9 heteroatoms. The number of rotatable bonds is 4. The molecule has 2 aromatic carbocycles. The molecule has 0 aliphatic carbocycles. The van der Waals surface area contributed by atoms with Crippen molar-refractivity contribution >= 4 is 32.5 Å². The number of aromatic nitrogens is 1. The molecule has 28 heavy (non-hydrogen) atoms. The molecule has 4 rings (SSSR count). The zero-order valence-electron chi connectivity index (χ0n) is 14.5. The van der Waals surface area contributed by atoms with E-state index in [1.807, 2.05) is 0 Å². The number of aliphatic hydroxyl groups excluding tert-OH is 1. The summed E-state index contributed by atoms with van der Waals surface area (Å²) in [5.41, 5.74) is 0.119. The number of sulfonamides is 1. The highest BCUT2D eigenvalue weighted by Crippen LogP contribution is 2.25. The Morgan fingerprint density at radius 2 is 1.93 bits per heavy atom. The van der Waals surface area contributed by atoms with Crippen molar-refractivity contribution in [2.75, 3.05) is 17.8 Å². The van der Waals surface area contributed by atoms with Gasteiger partial charge in [0, 0.05) is 24.7 Å². The minimum atomic E-state index is -4.01. The van der Waals surface area contributed by atoms with Gasteiger partial charge in [0.15, 0.2) is 0 Å². The number of nitrogens with zero attached hydrogens (tertiary/aromatic N) is 2. The number of β-amino-alcohol motifs (C(OH)–C–C–N with tert-alkyl or cyclic N) is 1. The normalized spacial score (nSPS) is 14.7. The van der Waals surface area contributed by atoms with Crippen LogP contribution in [-0.2, 0) is 10.0 Å². The van der Waals surface area contributed by atoms with E-state index in [0.717, 1.165) is 6.07 Å². The van der Waals surface area contributed by atoms with Gasteiger partial charge in [-0.2, -0.15) is 0 Å². The Morgan fingerprint density at radius 3 is 2.64 bits per heavy atom. The maximum Gasteiger partial charge on any atom is 0.264 e. The van der Waals surface area contributed by atoms with Crippen LogP contribution in [0, 0.1) is 5.82 Å². The van der Waals surface area contributed by atoms with Gasteiger partial charge in [0.1, 0.15) is 10.7 Å². The Hall–Kier alpha value is -3.04. The summed E-state index contributed by atoms with van der Waals surface area (Å²) in [6, 6.07) is 11.7. The molecule has 2 N–H and O–H groups in total. The average molecular weight is 401 g/mol. The smallest absolute Gasteiger partial charge is 0.264 e. The van der Waals surface area contributed by atoms with Gasteiger partial charge in [-0.15, -0.1) is 0 Å². The molecule has 1 amide bonds. The van der Waals surface area contributed by atoms with E-state index in [0.29, 0.717) is 10.9 Å². The molecule has 1 aliphatic heterocycles. The molecule has 1 aliphatic rings. The number of halogens is 1. The summed E-state index contributed by atoms with van der Waals surface area (Å²) >= 11 is 0. The summed E-state index contributed by atoms with van der Waals surface area (Å²) in [6.07, 6.45) is 0.904. The number of para-hydroxylation sites is 1. The second-order valence-corrected chi connectivity index (χ2v) is 8.15. The van der Waals surface area contributed by atoms with Crippen LogP contribution < -0.4 is 4.72 Å². The van der Waals surface area contributed by atoms with Gasteiger partial charge in [-0.1, -0.05) is 18.2 Å². The van der Waals surface area contributed by atoms with E-state index in [4.69, 9.17) is 0 Å². The molecule has 1 fully saturated rings. The molecule has 0 radical (unpaired) electrons. The van der Waals surface area contributed by atoms with Crippen LogP contribution in [0.2, 0.25) is 0 Å². The topological polar surface area (TPSA) is 99.6 Å². The highest BCUT2D eigenvalue weighted by molar-refractivity contribution is 7.93. The summed E-state index contributed by atoms with van der Waals surface area (Å²) < 4.78 is 42.3. The van der Waals surface area contributed by atoms with Crippen LogP contribution in [0.4, 0.5) is 10.1 Å². The highest BCUT2D eigenvalue weighted by Gasteiger charge is 2.31. The number of pyridine rings is 1. The van der Waals surface area contributed by atoms with E-state index in [2.05, 4.69) is 9.71 Å². The Kier molecular flexibility index (Phi) is 4.48. The fraction of sp³-hybridized carbons (Fsp3) is 0.158. The van der Waals surface area contributed by atoms with Crippen LogP contribution in [0.25, 0.3) is 10.9 Å². The molecule has 0 atom stereocenters. The van der Waals surface area contributed by atoms with Crippen molar-refractivity contribution in [1.82, 2.24) is 9.88 Å². The van der Waals surface area contributed by atoms with Crippen LogP contribution >= 0.6 is 0 Å². The molecule has 0 bridgehead atoms. The quantitative estimate of drug-likeness (QED) is 0.697. The molecule has 0 unspecified atom stereocenters. The lowest BCUT2D eigenvalue weighted by Gasteiger charge is -2.35. The van der Waals surface area contributed by atoms with Gasteiger partial charge < -0.3 is 10.0 Å². The van der Waals surface area contributed by atoms with Gasteiger partial charge in [0.05, 0.1) is 22.9 Å². The van der Waals surface area contributed by atoms with E-state index in [1.54, 1.807) is 24.3 Å². The number of amides is 1. The van der Waals surface area contributed by atoms with Crippen molar-refractivity contribution in [2.24, 2.45) is 0 Å². The van der Waals surface area contributed by atoms with Gasteiger partial charge in [-0.05, 0) is 30.3 Å². The Balaban J connectivity index is 1.61. The summed E-state index contributed by atoms with van der Waals surface area (Å²) in [6.45, 7) is 0.307. The number of carbonyl (C=O) groups is 1. The zero-order valence-corrected chi connectivity index (χ0v) is 15.4. The lowest BCUT2D eigenvalue weighted by Crippen LogP contribution is -2.53. The summed E-state index contributed by atoms with van der Waals surface area (Å²) in [7, 11) is -4.01. The van der Waals surface area contributed by atoms with E-state index in [1.165, 1.54) is 29.3 Å². The number of hydrogen-bond donors (Lipinski definition) is 2. The maximum absolute atomic E-state index is 14.4. The van der Waals surface area contributed by atoms with E-state index >= 15 is 0 Å². The molecule has 0 spiro atoms. The number of likely N-dealkylation sites (tertiary alicyclic amines) is 1. The van der Waals surface area contributed by atoms with E-state index < -0.39 is 27.9 Å². The summed E-state index contributed by atoms with van der Waals surface area (Å²) in [5, 5.41) is 9.93. The summed E-state index contributed by atoms with van der Waals surface area (Å²) in [5.74, 6) is -1.39. The molecular weight excluding hydrogens is 385 g/mol. The lowest BCUT2D eigenvalue weighted by atomic mass is 10.1. The van der Waals surface area contributed by atoms with Gasteiger partial charge in [-0.3, -0.25) is 14.5 Å². The Labute approximate surface area is 160 Å². The molecule has 1 aromatic heterocycles. The third kappa shape index (κ3) is 3.30. The van der Waals surface area contributed by atoms with Crippen molar-refractivity contribution in [2.45, 2.75) is 11.0 Å². The number of hydrogen-bond acceptors (Lipinski definition) is 5. The summed E-state index contributed by atoms with van der Waals surface area (Å²) in [4.78, 5) is 17.6. The SMILES string of the molecule is O=C(c1ccc(NS(=O)(=O)c2cccc3cccnc23)cc1F)N1CC(O)C1. The predicted octanol–water partition coefficient (Wildman–Crippen LogP) is 1.99. The standard InChI is InChI=1S/C19H16FN3O4S/c20-16-9-13(6-7-15(16)19(25)23-10-14(24)11-23)22-28(26,27)17-5-1-3-12-4-2-8-21-18(12)17/h1-9,14,22,24H,10-11H2. The molecule has 2 heterocycles. The van der Waals surface area contributed by atoms with Gasteiger partial charge >= 0.3 is 0 Å². The van der Waals surface area contributed by atoms with Gasteiger partial charge in [0.25, 0.3) is 15.9 Å². The molecule has 1 saturated heterocycles. The first-order valence-electron chi connectivity index (χ1n) is 8.48. The molecule has 7 nitrogen and oxygen atoms in total. The average Bonchev–Trinajstić information content (AvgIpc) is 2.64. The van der Waals surface area contributed by atoms with E-state index in [9.17, 15) is 22.7 Å². The van der Waals surface area contributed by atoms with Crippen LogP contribution in [0.1, 0.15) is 10.4 Å². The molecular formula is C19H16FN3O4S. The number of carbonyl (C=O) groups excluding carboxylic acids is 1. The largest absolute Gasteiger partial charge is 0.389 e. The number of benzene rings is 2. The maximum atomic E-state index is 14.4. The number of nitrogens with one attached hydrogen (secondary N) is 1. The van der Waals surface area contributed by atoms with Crippen LogP contribution in [0.5, 0.6) is 0 Å². The van der Waals surface area contributed by atoms with Crippen LogP contribution in [-0.4, -0.2) is 48.5 Å². The fourth-order valence-electron chi connectivity index (χ4n) is 3.05. The van der Waals surface area contributed by atoms with Crippen molar-refractivity contribution in [3.8, 4) is 0 Å². The minimum absolute atomic E-state index is 0.00868. The Morgan fingerprint density at radius 1 is 1.18 bits per heavy atom. The monoisotopic (exact) mass is 401 g/mol. The fourth-order valence-corrected chi connectivity index (χ4v) is 4.28. The first-order chi connectivity index (χ1) is 13.3. The third-order valence-electron chi connectivity index (χ3n) is 4.49. The second kappa shape index (κ2) is 6.84. The van der Waals surface area contributed by atoms with E-state index in [-0.39, 0.29) is 29.2 Å². The van der Waals surface area contributed by atoms with Crippen molar-refractivity contribution in [3.05, 3.63) is 66.1 Å². The van der Waals surface area contributed by atoms with Gasteiger partial charge in [-0.25, -0.2) is 12.8 Å². The minimum Gasteiger partial charge on any atom is -0.389 e. The first kappa shape index (κ1) is 18.3. The van der Waals surface area contributed by atoms with Crippen LogP contribution in [0.15, 0.2) is 59.6 Å². The molecule has 3 aromatic rings. The number of aliphatic hydroxyl groups is 1. The second-order valence-electron chi connectivity index (χ2n) is 6.50. The zero-order chi connectivity index (χ0) is 19.9. The molecule has 144 valence electrons. The van der Waals surface area contributed by atoms with Crippen molar-refractivity contribution < 1.29 is 22.7 Å². The predicted molar refractivity (Wildman–Crippen MR) is 101 cm³/mol. The highest BCUT2D eigenvalue weighted by atomic mass is 32.2. The third-order valence-corrected chi connectivity index (χ3v) is 5.90. The number of anilines is 1. The number of fused-ring (bicyclic) bond motifs is 1. The first-order valence-corrected chi connectivity index (χ1v) is 9.97. The van der Waals surface area contributed by atoms with Crippen molar-refractivity contribution in [3.63, 3.8) is 0 Å². The molecule has 0 saturated carbocycles.